The fourth-order valence-corrected chi connectivity index (χ4v) is 2.46. The van der Waals surface area contributed by atoms with Crippen LogP contribution in [0.5, 0.6) is 0 Å². The molecule has 1 N–H and O–H groups in total. The number of aliphatic hydroxyl groups excluding tert-OH is 1. The Morgan fingerprint density at radius 3 is 2.75 bits per heavy atom. The fraction of sp³-hybridized carbons (Fsp3) is 0.429. The van der Waals surface area contributed by atoms with Gasteiger partial charge in [0.2, 0.25) is 0 Å². The SMILES string of the molecule is OC(CC1=CCCCC1)c1ccccc1Cl. The van der Waals surface area contributed by atoms with Gasteiger partial charge in [0.15, 0.2) is 0 Å². The first-order valence-electron chi connectivity index (χ1n) is 5.88. The Labute approximate surface area is 102 Å². The van der Waals surface area contributed by atoms with E-state index in [2.05, 4.69) is 6.08 Å². The standard InChI is InChI=1S/C14H17ClO/c15-13-9-5-4-8-12(13)14(16)10-11-6-2-1-3-7-11/h4-6,8-9,14,16H,1-3,7,10H2. The summed E-state index contributed by atoms with van der Waals surface area (Å²) in [5, 5.41) is 10.8. The van der Waals surface area contributed by atoms with E-state index in [9.17, 15) is 5.11 Å². The molecule has 86 valence electrons. The lowest BCUT2D eigenvalue weighted by Crippen LogP contribution is -2.02. The highest BCUT2D eigenvalue weighted by Gasteiger charge is 2.14. The number of allylic oxidation sites excluding steroid dienone is 1. The third-order valence-corrected chi connectivity index (χ3v) is 3.45. The molecule has 16 heavy (non-hydrogen) atoms. The summed E-state index contributed by atoms with van der Waals surface area (Å²) in [5.74, 6) is 0. The highest BCUT2D eigenvalue weighted by Crippen LogP contribution is 2.30. The van der Waals surface area contributed by atoms with Gasteiger partial charge in [-0.05, 0) is 43.7 Å². The van der Waals surface area contributed by atoms with Gasteiger partial charge in [-0.3, -0.25) is 0 Å². The van der Waals surface area contributed by atoms with Crippen molar-refractivity contribution >= 4 is 11.6 Å². The van der Waals surface area contributed by atoms with Crippen molar-refractivity contribution in [2.24, 2.45) is 0 Å². The van der Waals surface area contributed by atoms with Crippen molar-refractivity contribution in [1.82, 2.24) is 0 Å². The minimum absolute atomic E-state index is 0.460. The second-order valence-electron chi connectivity index (χ2n) is 4.35. The van der Waals surface area contributed by atoms with Crippen LogP contribution >= 0.6 is 11.6 Å². The van der Waals surface area contributed by atoms with Crippen molar-refractivity contribution in [3.8, 4) is 0 Å². The zero-order valence-electron chi connectivity index (χ0n) is 9.32. The third-order valence-electron chi connectivity index (χ3n) is 3.10. The first kappa shape index (κ1) is 11.7. The molecular formula is C14H17ClO. The number of hydrogen-bond donors (Lipinski definition) is 1. The molecule has 0 heterocycles. The summed E-state index contributed by atoms with van der Waals surface area (Å²) < 4.78 is 0. The lowest BCUT2D eigenvalue weighted by molar-refractivity contribution is 0.176. The van der Waals surface area contributed by atoms with Crippen LogP contribution < -0.4 is 0 Å². The van der Waals surface area contributed by atoms with E-state index in [-0.39, 0.29) is 0 Å². The number of halogens is 1. The second-order valence-corrected chi connectivity index (χ2v) is 4.76. The molecule has 0 radical (unpaired) electrons. The molecule has 1 aliphatic carbocycles. The molecule has 0 amide bonds. The Hall–Kier alpha value is -0.790. The van der Waals surface area contributed by atoms with Crippen LogP contribution in [0.3, 0.4) is 0 Å². The molecule has 2 rings (SSSR count). The van der Waals surface area contributed by atoms with Gasteiger partial charge in [-0.2, -0.15) is 0 Å². The molecule has 0 fully saturated rings. The summed E-state index contributed by atoms with van der Waals surface area (Å²) in [6, 6.07) is 7.53. The van der Waals surface area contributed by atoms with Crippen LogP contribution in [-0.4, -0.2) is 5.11 Å². The Balaban J connectivity index is 2.05. The lowest BCUT2D eigenvalue weighted by Gasteiger charge is -2.17. The smallest absolute Gasteiger partial charge is 0.0841 e. The van der Waals surface area contributed by atoms with Crippen LogP contribution in [0.4, 0.5) is 0 Å². The molecule has 0 spiro atoms. The minimum Gasteiger partial charge on any atom is -0.388 e. The van der Waals surface area contributed by atoms with Crippen molar-refractivity contribution in [3.05, 3.63) is 46.5 Å². The van der Waals surface area contributed by atoms with Crippen molar-refractivity contribution in [1.29, 1.82) is 0 Å². The maximum Gasteiger partial charge on any atom is 0.0841 e. The first-order chi connectivity index (χ1) is 7.77. The summed E-state index contributed by atoms with van der Waals surface area (Å²) in [7, 11) is 0. The highest BCUT2D eigenvalue weighted by molar-refractivity contribution is 6.31. The van der Waals surface area contributed by atoms with E-state index in [4.69, 9.17) is 11.6 Å². The van der Waals surface area contributed by atoms with E-state index in [0.717, 1.165) is 24.8 Å². The van der Waals surface area contributed by atoms with Crippen LogP contribution in [0.25, 0.3) is 0 Å². The van der Waals surface area contributed by atoms with Crippen LogP contribution in [0, 0.1) is 0 Å². The van der Waals surface area contributed by atoms with E-state index < -0.39 is 6.10 Å². The van der Waals surface area contributed by atoms with Crippen molar-refractivity contribution in [2.45, 2.75) is 38.2 Å². The number of rotatable bonds is 3. The predicted molar refractivity (Wildman–Crippen MR) is 67.6 cm³/mol. The van der Waals surface area contributed by atoms with Gasteiger partial charge in [0.25, 0.3) is 0 Å². The zero-order chi connectivity index (χ0) is 11.4. The van der Waals surface area contributed by atoms with Gasteiger partial charge in [-0.15, -0.1) is 0 Å². The molecule has 0 saturated carbocycles. The monoisotopic (exact) mass is 236 g/mol. The Morgan fingerprint density at radius 1 is 1.25 bits per heavy atom. The van der Waals surface area contributed by atoms with Gasteiger partial charge in [0.1, 0.15) is 0 Å². The Morgan fingerprint density at radius 2 is 2.06 bits per heavy atom. The van der Waals surface area contributed by atoms with Crippen molar-refractivity contribution in [2.75, 3.05) is 0 Å². The van der Waals surface area contributed by atoms with E-state index >= 15 is 0 Å². The number of benzene rings is 1. The number of aliphatic hydroxyl groups is 1. The maximum atomic E-state index is 10.1. The molecule has 0 aliphatic heterocycles. The molecule has 1 unspecified atom stereocenters. The highest BCUT2D eigenvalue weighted by atomic mass is 35.5. The normalized spacial score (nSPS) is 18.0. The van der Waals surface area contributed by atoms with Crippen LogP contribution in [0.15, 0.2) is 35.9 Å². The van der Waals surface area contributed by atoms with E-state index in [1.54, 1.807) is 0 Å². The average molecular weight is 237 g/mol. The van der Waals surface area contributed by atoms with E-state index in [1.165, 1.54) is 18.4 Å². The summed E-state index contributed by atoms with van der Waals surface area (Å²) in [6.07, 6.45) is 7.35. The first-order valence-corrected chi connectivity index (χ1v) is 6.25. The fourth-order valence-electron chi connectivity index (χ4n) is 2.19. The van der Waals surface area contributed by atoms with Gasteiger partial charge in [-0.1, -0.05) is 41.4 Å². The van der Waals surface area contributed by atoms with Gasteiger partial charge < -0.3 is 5.11 Å². The minimum atomic E-state index is -0.460. The topological polar surface area (TPSA) is 20.2 Å². The lowest BCUT2D eigenvalue weighted by atomic mass is 9.93. The van der Waals surface area contributed by atoms with Crippen LogP contribution in [-0.2, 0) is 0 Å². The molecule has 1 aliphatic rings. The summed E-state index contributed by atoms with van der Waals surface area (Å²) in [4.78, 5) is 0. The predicted octanol–water partition coefficient (Wildman–Crippen LogP) is 4.26. The average Bonchev–Trinajstić information content (AvgIpc) is 2.31. The molecule has 0 aromatic heterocycles. The molecule has 2 heteroatoms. The Bertz CT molecular complexity index is 384. The van der Waals surface area contributed by atoms with Crippen molar-refractivity contribution < 1.29 is 5.11 Å². The Kier molecular flexibility index (Phi) is 4.03. The van der Waals surface area contributed by atoms with Gasteiger partial charge >= 0.3 is 0 Å². The number of hydrogen-bond acceptors (Lipinski definition) is 1. The largest absolute Gasteiger partial charge is 0.388 e. The maximum absolute atomic E-state index is 10.1. The molecule has 0 bridgehead atoms. The summed E-state index contributed by atoms with van der Waals surface area (Å²) in [6.45, 7) is 0. The molecule has 1 nitrogen and oxygen atoms in total. The second kappa shape index (κ2) is 5.51. The van der Waals surface area contributed by atoms with Crippen LogP contribution in [0.2, 0.25) is 5.02 Å². The van der Waals surface area contributed by atoms with E-state index in [1.807, 2.05) is 24.3 Å². The quantitative estimate of drug-likeness (QED) is 0.778. The molecule has 1 atom stereocenters. The summed E-state index contributed by atoms with van der Waals surface area (Å²) >= 11 is 6.06. The molecule has 1 aromatic rings. The van der Waals surface area contributed by atoms with Crippen molar-refractivity contribution in [3.63, 3.8) is 0 Å². The molecule has 1 aromatic carbocycles. The summed E-state index contributed by atoms with van der Waals surface area (Å²) in [5.41, 5.74) is 2.22. The van der Waals surface area contributed by atoms with Crippen LogP contribution in [0.1, 0.15) is 43.8 Å². The third kappa shape index (κ3) is 2.87. The molecule has 0 saturated heterocycles. The van der Waals surface area contributed by atoms with Gasteiger partial charge in [0.05, 0.1) is 6.10 Å². The van der Waals surface area contributed by atoms with Gasteiger partial charge in [-0.25, -0.2) is 0 Å². The van der Waals surface area contributed by atoms with E-state index in [0.29, 0.717) is 5.02 Å². The molecular weight excluding hydrogens is 220 g/mol. The van der Waals surface area contributed by atoms with Gasteiger partial charge in [0, 0.05) is 5.02 Å². The zero-order valence-corrected chi connectivity index (χ0v) is 10.1.